The Morgan fingerprint density at radius 2 is 1.67 bits per heavy atom. The predicted molar refractivity (Wildman–Crippen MR) is 68.3 cm³/mol. The second-order valence-corrected chi connectivity index (χ2v) is 4.27. The van der Waals surface area contributed by atoms with Crippen molar-refractivity contribution in [1.29, 1.82) is 0 Å². The Labute approximate surface area is 105 Å². The molecule has 2 aromatic rings. The molecule has 2 rings (SSSR count). The molecule has 18 heavy (non-hydrogen) atoms. The maximum Gasteiger partial charge on any atom is 0.336 e. The molecule has 1 N–H and O–H groups in total. The third-order valence-corrected chi connectivity index (χ3v) is 2.93. The fraction of sp³-hybridized carbons (Fsp3) is 0.133. The van der Waals surface area contributed by atoms with Gasteiger partial charge in [0.25, 0.3) is 0 Å². The van der Waals surface area contributed by atoms with E-state index in [1.165, 1.54) is 6.07 Å². The Kier molecular flexibility index (Phi) is 3.15. The summed E-state index contributed by atoms with van der Waals surface area (Å²) in [6.45, 7) is 3.45. The van der Waals surface area contributed by atoms with Crippen LogP contribution in [0.2, 0.25) is 0 Å². The van der Waals surface area contributed by atoms with E-state index in [1.807, 2.05) is 0 Å². The zero-order valence-electron chi connectivity index (χ0n) is 10.2. The van der Waals surface area contributed by atoms with Gasteiger partial charge in [-0.15, -0.1) is 0 Å². The molecule has 92 valence electrons. The van der Waals surface area contributed by atoms with E-state index in [4.69, 9.17) is 5.11 Å². The van der Waals surface area contributed by atoms with Crippen molar-refractivity contribution in [3.8, 4) is 11.1 Å². The van der Waals surface area contributed by atoms with Gasteiger partial charge in [0.15, 0.2) is 0 Å². The quantitative estimate of drug-likeness (QED) is 0.872. The smallest absolute Gasteiger partial charge is 0.336 e. The number of hydrogen-bond acceptors (Lipinski definition) is 1. The van der Waals surface area contributed by atoms with Gasteiger partial charge >= 0.3 is 5.97 Å². The molecule has 0 aliphatic heterocycles. The van der Waals surface area contributed by atoms with Crippen LogP contribution in [0.5, 0.6) is 0 Å². The van der Waals surface area contributed by atoms with Crippen LogP contribution in [0.25, 0.3) is 11.1 Å². The Balaban J connectivity index is 2.62. The number of aryl methyl sites for hydroxylation is 2. The Morgan fingerprint density at radius 1 is 1.11 bits per heavy atom. The molecule has 0 bridgehead atoms. The van der Waals surface area contributed by atoms with E-state index >= 15 is 0 Å². The molecule has 0 heterocycles. The number of hydrogen-bond donors (Lipinski definition) is 1. The number of benzene rings is 2. The highest BCUT2D eigenvalue weighted by atomic mass is 19.1. The summed E-state index contributed by atoms with van der Waals surface area (Å²) in [5.74, 6) is -1.26. The van der Waals surface area contributed by atoms with Gasteiger partial charge in [-0.2, -0.15) is 0 Å². The molecule has 0 atom stereocenters. The van der Waals surface area contributed by atoms with Crippen LogP contribution >= 0.6 is 0 Å². The second-order valence-electron chi connectivity index (χ2n) is 4.27. The molecule has 0 aliphatic rings. The highest BCUT2D eigenvalue weighted by Gasteiger charge is 2.13. The molecule has 3 heteroatoms. The number of carboxylic acid groups (broad SMARTS) is 1. The van der Waals surface area contributed by atoms with Crippen molar-refractivity contribution in [2.24, 2.45) is 0 Å². The maximum absolute atomic E-state index is 13.7. The van der Waals surface area contributed by atoms with Crippen LogP contribution in [0.4, 0.5) is 4.39 Å². The molecular formula is C15H13FO2. The normalized spacial score (nSPS) is 10.4. The Hall–Kier alpha value is -2.16. The monoisotopic (exact) mass is 244 g/mol. The average Bonchev–Trinajstić information content (AvgIpc) is 2.27. The molecule has 0 aromatic heterocycles. The van der Waals surface area contributed by atoms with Gasteiger partial charge in [-0.1, -0.05) is 30.3 Å². The number of aromatic carboxylic acids is 1. The highest BCUT2D eigenvalue weighted by Crippen LogP contribution is 2.27. The third kappa shape index (κ3) is 2.12. The fourth-order valence-electron chi connectivity index (χ4n) is 2.15. The second kappa shape index (κ2) is 4.61. The third-order valence-electron chi connectivity index (χ3n) is 2.93. The molecule has 0 radical (unpaired) electrons. The number of carbonyl (C=O) groups is 1. The molecule has 0 aliphatic carbocycles. The average molecular weight is 244 g/mol. The molecule has 0 saturated heterocycles. The van der Waals surface area contributed by atoms with Crippen molar-refractivity contribution in [2.45, 2.75) is 13.8 Å². The lowest BCUT2D eigenvalue weighted by Gasteiger charge is -2.10. The van der Waals surface area contributed by atoms with E-state index in [9.17, 15) is 9.18 Å². The molecule has 0 spiro atoms. The standard InChI is InChI=1S/C15H13FO2/c1-9-7-11(8-10(2)14(9)15(17)18)12-5-3-4-6-13(12)16/h3-8H,1-2H3,(H,17,18). The van der Waals surface area contributed by atoms with Crippen LogP contribution in [0.1, 0.15) is 21.5 Å². The first-order valence-electron chi connectivity index (χ1n) is 5.60. The summed E-state index contributed by atoms with van der Waals surface area (Å²) in [6, 6.07) is 9.87. The lowest BCUT2D eigenvalue weighted by atomic mass is 9.95. The van der Waals surface area contributed by atoms with Crippen LogP contribution in [-0.4, -0.2) is 11.1 Å². The molecular weight excluding hydrogens is 231 g/mol. The molecule has 0 amide bonds. The Morgan fingerprint density at radius 3 is 2.17 bits per heavy atom. The van der Waals surface area contributed by atoms with Gasteiger partial charge in [0.05, 0.1) is 5.56 Å². The minimum Gasteiger partial charge on any atom is -0.478 e. The fourth-order valence-corrected chi connectivity index (χ4v) is 2.15. The largest absolute Gasteiger partial charge is 0.478 e. The van der Waals surface area contributed by atoms with E-state index in [-0.39, 0.29) is 11.4 Å². The number of halogens is 1. The van der Waals surface area contributed by atoms with Crippen molar-refractivity contribution in [3.63, 3.8) is 0 Å². The predicted octanol–water partition coefficient (Wildman–Crippen LogP) is 3.81. The topological polar surface area (TPSA) is 37.3 Å². The van der Waals surface area contributed by atoms with Gasteiger partial charge in [-0.05, 0) is 36.6 Å². The van der Waals surface area contributed by atoms with E-state index in [0.29, 0.717) is 22.3 Å². The van der Waals surface area contributed by atoms with Gasteiger partial charge in [-0.25, -0.2) is 9.18 Å². The van der Waals surface area contributed by atoms with Crippen LogP contribution in [-0.2, 0) is 0 Å². The molecule has 2 aromatic carbocycles. The van der Waals surface area contributed by atoms with Crippen LogP contribution < -0.4 is 0 Å². The lowest BCUT2D eigenvalue weighted by Crippen LogP contribution is -2.03. The summed E-state index contributed by atoms with van der Waals surface area (Å²) >= 11 is 0. The summed E-state index contributed by atoms with van der Waals surface area (Å²) in [5.41, 5.74) is 2.75. The van der Waals surface area contributed by atoms with E-state index in [1.54, 1.807) is 44.2 Å². The van der Waals surface area contributed by atoms with E-state index in [0.717, 1.165) is 0 Å². The number of carboxylic acids is 1. The van der Waals surface area contributed by atoms with Gasteiger partial charge in [0.2, 0.25) is 0 Å². The van der Waals surface area contributed by atoms with Crippen LogP contribution in [0.3, 0.4) is 0 Å². The van der Waals surface area contributed by atoms with Crippen LogP contribution in [0.15, 0.2) is 36.4 Å². The molecule has 0 unspecified atom stereocenters. The van der Waals surface area contributed by atoms with Crippen molar-refractivity contribution < 1.29 is 14.3 Å². The summed E-state index contributed by atoms with van der Waals surface area (Å²) in [6.07, 6.45) is 0. The van der Waals surface area contributed by atoms with Crippen molar-refractivity contribution in [3.05, 3.63) is 58.9 Å². The van der Waals surface area contributed by atoms with Crippen molar-refractivity contribution in [1.82, 2.24) is 0 Å². The van der Waals surface area contributed by atoms with Crippen molar-refractivity contribution in [2.75, 3.05) is 0 Å². The SMILES string of the molecule is Cc1cc(-c2ccccc2F)cc(C)c1C(=O)O. The van der Waals surface area contributed by atoms with Gasteiger partial charge < -0.3 is 5.11 Å². The van der Waals surface area contributed by atoms with Crippen molar-refractivity contribution >= 4 is 5.97 Å². The highest BCUT2D eigenvalue weighted by molar-refractivity contribution is 5.92. The molecule has 2 nitrogen and oxygen atoms in total. The maximum atomic E-state index is 13.7. The zero-order valence-corrected chi connectivity index (χ0v) is 10.2. The van der Waals surface area contributed by atoms with Gasteiger partial charge in [0.1, 0.15) is 5.82 Å². The summed E-state index contributed by atoms with van der Waals surface area (Å²) < 4.78 is 13.7. The number of rotatable bonds is 2. The summed E-state index contributed by atoms with van der Waals surface area (Å²) in [7, 11) is 0. The van der Waals surface area contributed by atoms with Crippen LogP contribution in [0, 0.1) is 19.7 Å². The summed E-state index contributed by atoms with van der Waals surface area (Å²) in [4.78, 5) is 11.1. The first-order chi connectivity index (χ1) is 8.50. The molecule has 0 fully saturated rings. The first-order valence-corrected chi connectivity index (χ1v) is 5.60. The summed E-state index contributed by atoms with van der Waals surface area (Å²) in [5, 5.41) is 9.09. The zero-order chi connectivity index (χ0) is 13.3. The first kappa shape index (κ1) is 12.3. The van der Waals surface area contributed by atoms with Gasteiger partial charge in [-0.3, -0.25) is 0 Å². The lowest BCUT2D eigenvalue weighted by molar-refractivity contribution is 0.0695. The minimum absolute atomic E-state index is 0.287. The Bertz CT molecular complexity index is 595. The molecule has 0 saturated carbocycles. The van der Waals surface area contributed by atoms with Gasteiger partial charge in [0, 0.05) is 5.56 Å². The van der Waals surface area contributed by atoms with E-state index in [2.05, 4.69) is 0 Å². The minimum atomic E-state index is -0.954. The van der Waals surface area contributed by atoms with E-state index < -0.39 is 5.97 Å².